The van der Waals surface area contributed by atoms with Crippen molar-refractivity contribution in [2.75, 3.05) is 51.1 Å². The molecule has 2 aliphatic rings. The molecule has 0 unspecified atom stereocenters. The zero-order valence-corrected chi connectivity index (χ0v) is 16.8. The molecular formula is C21H32N4O2. The Bertz CT molecular complexity index is 677. The molecule has 3 rings (SSSR count). The normalized spacial score (nSPS) is 19.9. The highest BCUT2D eigenvalue weighted by molar-refractivity contribution is 5.95. The Hall–Kier alpha value is -1.92. The lowest BCUT2D eigenvalue weighted by molar-refractivity contribution is -0.132. The maximum absolute atomic E-state index is 12.7. The number of anilines is 1. The van der Waals surface area contributed by atoms with Gasteiger partial charge in [-0.2, -0.15) is 0 Å². The van der Waals surface area contributed by atoms with Crippen LogP contribution in [-0.2, 0) is 9.59 Å². The van der Waals surface area contributed by atoms with Crippen LogP contribution in [0.2, 0.25) is 0 Å². The summed E-state index contributed by atoms with van der Waals surface area (Å²) in [5, 5.41) is 3.07. The predicted molar refractivity (Wildman–Crippen MR) is 108 cm³/mol. The molecule has 6 nitrogen and oxygen atoms in total. The third-order valence-corrected chi connectivity index (χ3v) is 5.80. The number of carbonyl (C=O) groups excluding carboxylic acids is 2. The van der Waals surface area contributed by atoms with E-state index >= 15 is 0 Å². The zero-order chi connectivity index (χ0) is 19.4. The lowest BCUT2D eigenvalue weighted by atomic mass is 10.1. The van der Waals surface area contributed by atoms with Crippen molar-refractivity contribution in [3.05, 3.63) is 29.3 Å². The topological polar surface area (TPSA) is 55.9 Å². The minimum absolute atomic E-state index is 0.0327. The molecule has 2 amide bonds. The molecule has 0 saturated carbocycles. The van der Waals surface area contributed by atoms with Crippen molar-refractivity contribution in [3.8, 4) is 0 Å². The molecule has 1 aromatic rings. The minimum Gasteiger partial charge on any atom is -0.342 e. The fourth-order valence-corrected chi connectivity index (χ4v) is 3.84. The number of likely N-dealkylation sites (tertiary alicyclic amines) is 1. The van der Waals surface area contributed by atoms with Crippen molar-refractivity contribution in [3.63, 3.8) is 0 Å². The molecule has 0 bridgehead atoms. The Morgan fingerprint density at radius 3 is 2.37 bits per heavy atom. The number of amides is 2. The molecule has 148 valence electrons. The van der Waals surface area contributed by atoms with E-state index in [-0.39, 0.29) is 17.9 Å². The average Bonchev–Trinajstić information content (AvgIpc) is 3.19. The number of nitrogens with one attached hydrogen (secondary N) is 1. The number of benzene rings is 1. The van der Waals surface area contributed by atoms with E-state index in [2.05, 4.69) is 21.2 Å². The van der Waals surface area contributed by atoms with Gasteiger partial charge in [0.25, 0.3) is 0 Å². The zero-order valence-electron chi connectivity index (χ0n) is 16.8. The first-order valence-corrected chi connectivity index (χ1v) is 10.1. The Morgan fingerprint density at radius 1 is 1.04 bits per heavy atom. The summed E-state index contributed by atoms with van der Waals surface area (Å²) in [5.74, 6) is 0.284. The Balaban J connectivity index is 1.47. The van der Waals surface area contributed by atoms with E-state index in [0.29, 0.717) is 6.54 Å². The standard InChI is InChI=1S/C21H32N4O2/c1-16-6-7-17(2)19(14-16)22-21(27)18(3)24-12-10-23(11-13-24)15-20(26)25-8-4-5-9-25/h6-7,14,18H,4-5,8-13,15H2,1-3H3,(H,22,27)/t18-/m1/s1. The molecular weight excluding hydrogens is 340 g/mol. The highest BCUT2D eigenvalue weighted by atomic mass is 16.2. The summed E-state index contributed by atoms with van der Waals surface area (Å²) < 4.78 is 0. The van der Waals surface area contributed by atoms with E-state index in [9.17, 15) is 9.59 Å². The van der Waals surface area contributed by atoms with Gasteiger partial charge < -0.3 is 10.2 Å². The molecule has 2 aliphatic heterocycles. The van der Waals surface area contributed by atoms with Crippen molar-refractivity contribution in [1.29, 1.82) is 0 Å². The largest absolute Gasteiger partial charge is 0.342 e. The summed E-state index contributed by atoms with van der Waals surface area (Å²) in [7, 11) is 0. The van der Waals surface area contributed by atoms with Crippen LogP contribution in [0.3, 0.4) is 0 Å². The van der Waals surface area contributed by atoms with Gasteiger partial charge in [-0.05, 0) is 50.8 Å². The van der Waals surface area contributed by atoms with Gasteiger partial charge in [0.2, 0.25) is 11.8 Å². The van der Waals surface area contributed by atoms with Crippen LogP contribution in [0.4, 0.5) is 5.69 Å². The molecule has 2 fully saturated rings. The smallest absolute Gasteiger partial charge is 0.241 e. The maximum Gasteiger partial charge on any atom is 0.241 e. The second kappa shape index (κ2) is 8.85. The number of rotatable bonds is 5. The quantitative estimate of drug-likeness (QED) is 0.857. The van der Waals surface area contributed by atoms with Crippen LogP contribution in [-0.4, -0.2) is 78.4 Å². The fraction of sp³-hybridized carbons (Fsp3) is 0.619. The molecule has 6 heteroatoms. The van der Waals surface area contributed by atoms with E-state index in [1.807, 2.05) is 37.8 Å². The lowest BCUT2D eigenvalue weighted by Gasteiger charge is -2.37. The highest BCUT2D eigenvalue weighted by Crippen LogP contribution is 2.18. The SMILES string of the molecule is Cc1ccc(C)c(NC(=O)[C@@H](C)N2CCN(CC(=O)N3CCCC3)CC2)c1. The fourth-order valence-electron chi connectivity index (χ4n) is 3.84. The molecule has 1 N–H and O–H groups in total. The van der Waals surface area contributed by atoms with Gasteiger partial charge >= 0.3 is 0 Å². The van der Waals surface area contributed by atoms with Crippen LogP contribution in [0, 0.1) is 13.8 Å². The minimum atomic E-state index is -0.179. The van der Waals surface area contributed by atoms with Gasteiger partial charge in [-0.3, -0.25) is 19.4 Å². The van der Waals surface area contributed by atoms with Crippen LogP contribution in [0.25, 0.3) is 0 Å². The molecule has 1 aromatic carbocycles. The number of piperazine rings is 1. The summed E-state index contributed by atoms with van der Waals surface area (Å²) in [5.41, 5.74) is 3.10. The molecule has 27 heavy (non-hydrogen) atoms. The van der Waals surface area contributed by atoms with Crippen LogP contribution in [0.5, 0.6) is 0 Å². The van der Waals surface area contributed by atoms with Gasteiger partial charge in [-0.1, -0.05) is 12.1 Å². The molecule has 2 saturated heterocycles. The average molecular weight is 373 g/mol. The van der Waals surface area contributed by atoms with E-state index < -0.39 is 0 Å². The van der Waals surface area contributed by atoms with Crippen LogP contribution < -0.4 is 5.32 Å². The first-order chi connectivity index (χ1) is 12.9. The third kappa shape index (κ3) is 5.08. The molecule has 0 radical (unpaired) electrons. The first-order valence-electron chi connectivity index (χ1n) is 10.1. The van der Waals surface area contributed by atoms with Gasteiger partial charge in [0.15, 0.2) is 0 Å². The van der Waals surface area contributed by atoms with Crippen LogP contribution in [0.1, 0.15) is 30.9 Å². The van der Waals surface area contributed by atoms with E-state index in [1.54, 1.807) is 0 Å². The van der Waals surface area contributed by atoms with E-state index in [1.165, 1.54) is 0 Å². The number of hydrogen-bond donors (Lipinski definition) is 1. The van der Waals surface area contributed by atoms with Crippen LogP contribution >= 0.6 is 0 Å². The van der Waals surface area contributed by atoms with Crippen molar-refractivity contribution in [1.82, 2.24) is 14.7 Å². The van der Waals surface area contributed by atoms with Gasteiger partial charge in [-0.15, -0.1) is 0 Å². The van der Waals surface area contributed by atoms with Gasteiger partial charge in [0.05, 0.1) is 12.6 Å². The van der Waals surface area contributed by atoms with E-state index in [0.717, 1.165) is 68.9 Å². The Labute approximate surface area is 162 Å². The molecule has 0 aromatic heterocycles. The number of nitrogens with zero attached hydrogens (tertiary/aromatic N) is 3. The number of aryl methyl sites for hydroxylation is 2. The van der Waals surface area contributed by atoms with Crippen LogP contribution in [0.15, 0.2) is 18.2 Å². The number of hydrogen-bond acceptors (Lipinski definition) is 4. The molecule has 0 aliphatic carbocycles. The summed E-state index contributed by atoms with van der Waals surface area (Å²) >= 11 is 0. The molecule has 0 spiro atoms. The van der Waals surface area contributed by atoms with Gasteiger partial charge in [0.1, 0.15) is 0 Å². The second-order valence-electron chi connectivity index (χ2n) is 7.88. The number of carbonyl (C=O) groups is 2. The molecule has 1 atom stereocenters. The summed E-state index contributed by atoms with van der Waals surface area (Å²) in [4.78, 5) is 31.4. The van der Waals surface area contributed by atoms with Crippen molar-refractivity contribution < 1.29 is 9.59 Å². The lowest BCUT2D eigenvalue weighted by Crippen LogP contribution is -2.54. The summed E-state index contributed by atoms with van der Waals surface area (Å²) in [6.07, 6.45) is 2.26. The first kappa shape index (κ1) is 19.8. The van der Waals surface area contributed by atoms with Gasteiger partial charge in [0, 0.05) is 45.0 Å². The Morgan fingerprint density at radius 2 is 1.70 bits per heavy atom. The predicted octanol–water partition coefficient (Wildman–Crippen LogP) is 1.87. The van der Waals surface area contributed by atoms with Gasteiger partial charge in [-0.25, -0.2) is 0 Å². The van der Waals surface area contributed by atoms with Crippen molar-refractivity contribution >= 4 is 17.5 Å². The summed E-state index contributed by atoms with van der Waals surface area (Å²) in [6.45, 7) is 11.6. The summed E-state index contributed by atoms with van der Waals surface area (Å²) in [6, 6.07) is 5.92. The van der Waals surface area contributed by atoms with Crippen molar-refractivity contribution in [2.45, 2.75) is 39.7 Å². The monoisotopic (exact) mass is 372 g/mol. The maximum atomic E-state index is 12.7. The second-order valence-corrected chi connectivity index (χ2v) is 7.88. The Kier molecular flexibility index (Phi) is 6.50. The molecule has 2 heterocycles. The van der Waals surface area contributed by atoms with Crippen molar-refractivity contribution in [2.24, 2.45) is 0 Å². The third-order valence-electron chi connectivity index (χ3n) is 5.80. The highest BCUT2D eigenvalue weighted by Gasteiger charge is 2.28. The van der Waals surface area contributed by atoms with E-state index in [4.69, 9.17) is 0 Å².